The van der Waals surface area contributed by atoms with Crippen LogP contribution < -0.4 is 15.8 Å². The van der Waals surface area contributed by atoms with E-state index >= 15 is 0 Å². The van der Waals surface area contributed by atoms with E-state index in [0.717, 1.165) is 31.9 Å². The molecule has 1 aliphatic rings. The standard InChI is InChI=1S/C18H14N2O2S/c19-10-17(21)22-14-9-16-18(12-6-2-1-5-11(12)14)20-13-7-3-4-8-15(13)23-16/h1-9,20H,10,19H2. The first kappa shape index (κ1) is 14.1. The molecule has 0 aliphatic carbocycles. The van der Waals surface area contributed by atoms with Gasteiger partial charge in [0.05, 0.1) is 17.9 Å². The highest BCUT2D eigenvalue weighted by molar-refractivity contribution is 7.99. The molecule has 23 heavy (non-hydrogen) atoms. The Labute approximate surface area is 137 Å². The Morgan fingerprint density at radius 1 is 1.04 bits per heavy atom. The Hall–Kier alpha value is -2.50. The molecule has 0 spiro atoms. The third kappa shape index (κ3) is 2.44. The fourth-order valence-electron chi connectivity index (χ4n) is 2.69. The summed E-state index contributed by atoms with van der Waals surface area (Å²) in [5.74, 6) is 0.104. The summed E-state index contributed by atoms with van der Waals surface area (Å²) >= 11 is 1.66. The van der Waals surface area contributed by atoms with E-state index in [0.29, 0.717) is 5.75 Å². The lowest BCUT2D eigenvalue weighted by Gasteiger charge is -2.23. The van der Waals surface area contributed by atoms with E-state index in [1.807, 2.05) is 42.5 Å². The van der Waals surface area contributed by atoms with E-state index < -0.39 is 5.97 Å². The number of carbonyl (C=O) groups is 1. The summed E-state index contributed by atoms with van der Waals surface area (Å²) in [7, 11) is 0. The summed E-state index contributed by atoms with van der Waals surface area (Å²) in [5, 5.41) is 5.40. The molecule has 0 aromatic heterocycles. The van der Waals surface area contributed by atoms with Crippen molar-refractivity contribution in [3.8, 4) is 5.75 Å². The fraction of sp³-hybridized carbons (Fsp3) is 0.0556. The maximum Gasteiger partial charge on any atom is 0.325 e. The molecule has 0 atom stereocenters. The monoisotopic (exact) mass is 322 g/mol. The zero-order chi connectivity index (χ0) is 15.8. The molecule has 0 radical (unpaired) electrons. The van der Waals surface area contributed by atoms with Gasteiger partial charge in [0, 0.05) is 20.6 Å². The smallest absolute Gasteiger partial charge is 0.325 e. The van der Waals surface area contributed by atoms with E-state index in [2.05, 4.69) is 17.4 Å². The van der Waals surface area contributed by atoms with Gasteiger partial charge in [-0.2, -0.15) is 0 Å². The molecule has 3 aromatic carbocycles. The highest BCUT2D eigenvalue weighted by Gasteiger charge is 2.20. The van der Waals surface area contributed by atoms with Gasteiger partial charge in [-0.05, 0) is 18.2 Å². The molecule has 1 aliphatic heterocycles. The van der Waals surface area contributed by atoms with Crippen LogP contribution in [0.5, 0.6) is 5.75 Å². The minimum absolute atomic E-state index is 0.139. The Bertz CT molecular complexity index is 924. The Morgan fingerprint density at radius 2 is 1.78 bits per heavy atom. The average molecular weight is 322 g/mol. The van der Waals surface area contributed by atoms with E-state index in [1.54, 1.807) is 11.8 Å². The van der Waals surface area contributed by atoms with Crippen molar-refractivity contribution in [3.63, 3.8) is 0 Å². The summed E-state index contributed by atoms with van der Waals surface area (Å²) in [5.41, 5.74) is 7.50. The number of benzene rings is 3. The third-order valence-electron chi connectivity index (χ3n) is 3.73. The quantitative estimate of drug-likeness (QED) is 0.433. The average Bonchev–Trinajstić information content (AvgIpc) is 2.60. The van der Waals surface area contributed by atoms with Crippen LogP contribution in [0.2, 0.25) is 0 Å². The number of para-hydroxylation sites is 1. The van der Waals surface area contributed by atoms with Crippen LogP contribution in [0.3, 0.4) is 0 Å². The molecule has 1 heterocycles. The zero-order valence-electron chi connectivity index (χ0n) is 12.2. The van der Waals surface area contributed by atoms with Crippen molar-refractivity contribution in [2.75, 3.05) is 11.9 Å². The molecule has 3 N–H and O–H groups in total. The molecular formula is C18H14N2O2S. The first-order valence-corrected chi connectivity index (χ1v) is 8.08. The van der Waals surface area contributed by atoms with Crippen LogP contribution in [0.4, 0.5) is 11.4 Å². The lowest BCUT2D eigenvalue weighted by molar-refractivity contribution is -0.132. The van der Waals surface area contributed by atoms with Gasteiger partial charge in [0.2, 0.25) is 0 Å². The zero-order valence-corrected chi connectivity index (χ0v) is 13.0. The molecule has 0 amide bonds. The normalized spacial score (nSPS) is 12.2. The van der Waals surface area contributed by atoms with Crippen molar-refractivity contribution >= 4 is 39.9 Å². The number of hydrogen-bond acceptors (Lipinski definition) is 5. The van der Waals surface area contributed by atoms with Crippen molar-refractivity contribution in [3.05, 3.63) is 54.6 Å². The SMILES string of the molecule is NCC(=O)Oc1cc2c(c3ccccc13)Nc1ccccc1S2. The predicted octanol–water partition coefficient (Wildman–Crippen LogP) is 3.91. The van der Waals surface area contributed by atoms with Crippen molar-refractivity contribution < 1.29 is 9.53 Å². The Kier molecular flexibility index (Phi) is 3.44. The van der Waals surface area contributed by atoms with E-state index in [1.165, 1.54) is 0 Å². The van der Waals surface area contributed by atoms with E-state index in [4.69, 9.17) is 10.5 Å². The van der Waals surface area contributed by atoms with Crippen molar-refractivity contribution in [1.29, 1.82) is 0 Å². The van der Waals surface area contributed by atoms with Crippen molar-refractivity contribution in [2.45, 2.75) is 9.79 Å². The Balaban J connectivity index is 1.90. The van der Waals surface area contributed by atoms with Crippen LogP contribution in [0, 0.1) is 0 Å². The van der Waals surface area contributed by atoms with Gasteiger partial charge in [-0.15, -0.1) is 0 Å². The van der Waals surface area contributed by atoms with Gasteiger partial charge in [0.1, 0.15) is 5.75 Å². The van der Waals surface area contributed by atoms with Crippen molar-refractivity contribution in [2.24, 2.45) is 5.73 Å². The topological polar surface area (TPSA) is 64.4 Å². The maximum absolute atomic E-state index is 11.6. The fourth-order valence-corrected chi connectivity index (χ4v) is 3.73. The molecule has 3 aromatic rings. The molecule has 0 saturated heterocycles. The van der Waals surface area contributed by atoms with Crippen LogP contribution >= 0.6 is 11.8 Å². The second-order valence-electron chi connectivity index (χ2n) is 5.19. The number of esters is 1. The van der Waals surface area contributed by atoms with Gasteiger partial charge in [-0.1, -0.05) is 48.2 Å². The first-order valence-electron chi connectivity index (χ1n) is 7.26. The number of hydrogen-bond donors (Lipinski definition) is 2. The van der Waals surface area contributed by atoms with Crippen LogP contribution in [0.15, 0.2) is 64.4 Å². The van der Waals surface area contributed by atoms with Gasteiger partial charge < -0.3 is 15.8 Å². The van der Waals surface area contributed by atoms with Crippen LogP contribution in [-0.2, 0) is 4.79 Å². The van der Waals surface area contributed by atoms with E-state index in [-0.39, 0.29) is 6.54 Å². The molecular weight excluding hydrogens is 308 g/mol. The highest BCUT2D eigenvalue weighted by Crippen LogP contribution is 2.49. The maximum atomic E-state index is 11.6. The van der Waals surface area contributed by atoms with Gasteiger partial charge in [0.15, 0.2) is 0 Å². The molecule has 0 fully saturated rings. The largest absolute Gasteiger partial charge is 0.425 e. The summed E-state index contributed by atoms with van der Waals surface area (Å²) < 4.78 is 5.43. The van der Waals surface area contributed by atoms with Gasteiger partial charge in [0.25, 0.3) is 0 Å². The lowest BCUT2D eigenvalue weighted by Crippen LogP contribution is -2.19. The summed E-state index contributed by atoms with van der Waals surface area (Å²) in [6, 6.07) is 17.9. The van der Waals surface area contributed by atoms with Gasteiger partial charge in [-0.25, -0.2) is 0 Å². The van der Waals surface area contributed by atoms with Crippen LogP contribution in [0.25, 0.3) is 10.8 Å². The summed E-state index contributed by atoms with van der Waals surface area (Å²) in [6.45, 7) is -0.139. The Morgan fingerprint density at radius 3 is 2.61 bits per heavy atom. The van der Waals surface area contributed by atoms with E-state index in [9.17, 15) is 4.79 Å². The molecule has 4 rings (SSSR count). The lowest BCUT2D eigenvalue weighted by atomic mass is 10.1. The molecule has 4 nitrogen and oxygen atoms in total. The van der Waals surface area contributed by atoms with Crippen LogP contribution in [0.1, 0.15) is 0 Å². The minimum atomic E-state index is -0.440. The highest BCUT2D eigenvalue weighted by atomic mass is 32.2. The third-order valence-corrected chi connectivity index (χ3v) is 4.85. The molecule has 0 bridgehead atoms. The van der Waals surface area contributed by atoms with Gasteiger partial charge >= 0.3 is 5.97 Å². The number of nitrogens with two attached hydrogens (primary N) is 1. The second kappa shape index (κ2) is 5.61. The number of ether oxygens (including phenoxy) is 1. The number of fused-ring (bicyclic) bond motifs is 4. The number of nitrogens with one attached hydrogen (secondary N) is 1. The number of rotatable bonds is 2. The molecule has 5 heteroatoms. The summed E-state index contributed by atoms with van der Waals surface area (Å²) in [6.07, 6.45) is 0. The molecule has 0 unspecified atom stereocenters. The van der Waals surface area contributed by atoms with Gasteiger partial charge in [-0.3, -0.25) is 4.79 Å². The van der Waals surface area contributed by atoms with Crippen LogP contribution in [-0.4, -0.2) is 12.5 Å². The molecule has 114 valence electrons. The predicted molar refractivity (Wildman–Crippen MR) is 92.5 cm³/mol. The number of carbonyl (C=O) groups excluding carboxylic acids is 1. The number of anilines is 2. The summed E-state index contributed by atoms with van der Waals surface area (Å²) in [4.78, 5) is 13.8. The molecule has 0 saturated carbocycles. The van der Waals surface area contributed by atoms with Crippen molar-refractivity contribution in [1.82, 2.24) is 0 Å². The minimum Gasteiger partial charge on any atom is -0.425 e. The first-order chi connectivity index (χ1) is 11.3. The second-order valence-corrected chi connectivity index (χ2v) is 6.28.